The average Bonchev–Trinajstić information content (AvgIpc) is 1.85. The normalized spacial score (nSPS) is 9.40. The lowest BCUT2D eigenvalue weighted by Gasteiger charge is -1.98. The van der Waals surface area contributed by atoms with Crippen molar-refractivity contribution in [1.29, 1.82) is 0 Å². The average molecular weight is 202 g/mol. The maximum atomic E-state index is 10.8. The zero-order valence-corrected chi connectivity index (χ0v) is 7.01. The van der Waals surface area contributed by atoms with E-state index < -0.39 is 0 Å². The standard InChI is InChI=1S/C7H6BrO2/c1-10-7-3-5(8)2-6(9)4-7/h2-4H,1H3. The number of hydrogen-bond donors (Lipinski definition) is 0. The summed E-state index contributed by atoms with van der Waals surface area (Å²) in [5.74, 6) is 0.533. The van der Waals surface area contributed by atoms with Gasteiger partial charge in [0.15, 0.2) is 5.75 Å². The lowest BCUT2D eigenvalue weighted by molar-refractivity contribution is 0.348. The highest BCUT2D eigenvalue weighted by Gasteiger charge is 1.97. The van der Waals surface area contributed by atoms with E-state index in [2.05, 4.69) is 15.9 Å². The van der Waals surface area contributed by atoms with Gasteiger partial charge in [-0.15, -0.1) is 0 Å². The van der Waals surface area contributed by atoms with Crippen molar-refractivity contribution >= 4 is 15.9 Å². The number of ether oxygens (including phenoxy) is 1. The van der Waals surface area contributed by atoms with Crippen LogP contribution in [-0.2, 0) is 5.11 Å². The van der Waals surface area contributed by atoms with Crippen molar-refractivity contribution in [2.75, 3.05) is 7.11 Å². The van der Waals surface area contributed by atoms with Gasteiger partial charge in [-0.1, -0.05) is 15.9 Å². The molecule has 0 spiro atoms. The predicted octanol–water partition coefficient (Wildman–Crippen LogP) is 2.60. The summed E-state index contributed by atoms with van der Waals surface area (Å²) in [4.78, 5) is 0. The third kappa shape index (κ3) is 1.64. The van der Waals surface area contributed by atoms with E-state index in [1.165, 1.54) is 19.2 Å². The van der Waals surface area contributed by atoms with Crippen LogP contribution >= 0.6 is 15.9 Å². The monoisotopic (exact) mass is 201 g/mol. The Morgan fingerprint density at radius 1 is 1.40 bits per heavy atom. The Balaban J connectivity index is 3.06. The van der Waals surface area contributed by atoms with Crippen LogP contribution in [0.1, 0.15) is 0 Å². The van der Waals surface area contributed by atoms with E-state index in [0.717, 1.165) is 4.47 Å². The molecule has 0 saturated heterocycles. The molecule has 2 nitrogen and oxygen atoms in total. The first-order valence-electron chi connectivity index (χ1n) is 2.74. The maximum Gasteiger partial charge on any atom is 0.183 e. The van der Waals surface area contributed by atoms with Crippen molar-refractivity contribution in [3.8, 4) is 11.5 Å². The first kappa shape index (κ1) is 7.41. The van der Waals surface area contributed by atoms with E-state index >= 15 is 0 Å². The van der Waals surface area contributed by atoms with Gasteiger partial charge in [-0.05, 0) is 12.1 Å². The van der Waals surface area contributed by atoms with Gasteiger partial charge in [-0.25, -0.2) is 0 Å². The third-order valence-electron chi connectivity index (χ3n) is 1.08. The van der Waals surface area contributed by atoms with E-state index in [0.29, 0.717) is 5.75 Å². The zero-order chi connectivity index (χ0) is 7.56. The zero-order valence-electron chi connectivity index (χ0n) is 5.43. The number of rotatable bonds is 1. The van der Waals surface area contributed by atoms with Crippen molar-refractivity contribution in [1.82, 2.24) is 0 Å². The van der Waals surface area contributed by atoms with Crippen LogP contribution in [0.25, 0.3) is 0 Å². The minimum Gasteiger partial charge on any atom is -0.497 e. The maximum absolute atomic E-state index is 10.8. The van der Waals surface area contributed by atoms with E-state index in [1.807, 2.05) is 0 Å². The minimum absolute atomic E-state index is 0.0498. The fourth-order valence-electron chi connectivity index (χ4n) is 0.655. The second-order valence-corrected chi connectivity index (χ2v) is 2.74. The van der Waals surface area contributed by atoms with Crippen molar-refractivity contribution in [2.45, 2.75) is 0 Å². The summed E-state index contributed by atoms with van der Waals surface area (Å²) < 4.78 is 5.59. The highest BCUT2D eigenvalue weighted by Crippen LogP contribution is 2.24. The van der Waals surface area contributed by atoms with E-state index in [-0.39, 0.29) is 5.75 Å². The molecule has 0 unspecified atom stereocenters. The van der Waals surface area contributed by atoms with Crippen LogP contribution in [0.3, 0.4) is 0 Å². The fourth-order valence-corrected chi connectivity index (χ4v) is 1.11. The summed E-state index contributed by atoms with van der Waals surface area (Å²) in [6.07, 6.45) is 0. The van der Waals surface area contributed by atoms with Gasteiger partial charge in [-0.2, -0.15) is 0 Å². The van der Waals surface area contributed by atoms with Crippen LogP contribution in [-0.4, -0.2) is 7.11 Å². The predicted molar refractivity (Wildman–Crippen MR) is 40.8 cm³/mol. The van der Waals surface area contributed by atoms with Gasteiger partial charge < -0.3 is 4.74 Å². The number of benzene rings is 1. The van der Waals surface area contributed by atoms with Gasteiger partial charge in [0.25, 0.3) is 0 Å². The Kier molecular flexibility index (Phi) is 2.17. The summed E-state index contributed by atoms with van der Waals surface area (Å²) in [7, 11) is 1.53. The summed E-state index contributed by atoms with van der Waals surface area (Å²) in [5, 5.41) is 10.8. The molecule has 0 fully saturated rings. The SMILES string of the molecule is COc1cc([O])cc(Br)c1. The number of methoxy groups -OCH3 is 1. The van der Waals surface area contributed by atoms with Crippen LogP contribution in [0.4, 0.5) is 0 Å². The summed E-state index contributed by atoms with van der Waals surface area (Å²) in [6, 6.07) is 4.66. The molecule has 1 radical (unpaired) electrons. The second kappa shape index (κ2) is 2.92. The lowest BCUT2D eigenvalue weighted by Crippen LogP contribution is -1.80. The Labute approximate surface area is 67.6 Å². The Hall–Kier alpha value is -0.700. The van der Waals surface area contributed by atoms with Crippen molar-refractivity contribution in [2.24, 2.45) is 0 Å². The first-order chi connectivity index (χ1) is 4.72. The van der Waals surface area contributed by atoms with Gasteiger partial charge in [0, 0.05) is 10.5 Å². The van der Waals surface area contributed by atoms with Gasteiger partial charge in [0.1, 0.15) is 5.75 Å². The van der Waals surface area contributed by atoms with Crippen LogP contribution in [0.15, 0.2) is 22.7 Å². The summed E-state index contributed by atoms with van der Waals surface area (Å²) in [6.45, 7) is 0. The van der Waals surface area contributed by atoms with Gasteiger partial charge >= 0.3 is 0 Å². The van der Waals surface area contributed by atoms with E-state index in [9.17, 15) is 5.11 Å². The Morgan fingerprint density at radius 2 is 2.10 bits per heavy atom. The highest BCUT2D eigenvalue weighted by molar-refractivity contribution is 9.10. The molecule has 1 aromatic rings. The second-order valence-electron chi connectivity index (χ2n) is 1.83. The van der Waals surface area contributed by atoms with Crippen LogP contribution in [0, 0.1) is 0 Å². The van der Waals surface area contributed by atoms with Gasteiger partial charge in [0.05, 0.1) is 7.11 Å². The molecule has 10 heavy (non-hydrogen) atoms. The topological polar surface area (TPSA) is 29.1 Å². The molecule has 0 aliphatic heterocycles. The van der Waals surface area contributed by atoms with Gasteiger partial charge in [0.2, 0.25) is 0 Å². The van der Waals surface area contributed by atoms with Crippen LogP contribution < -0.4 is 4.74 Å². The minimum atomic E-state index is -0.0498. The number of hydrogen-bond acceptors (Lipinski definition) is 1. The Bertz CT molecular complexity index is 215. The molecule has 0 aliphatic rings. The van der Waals surface area contributed by atoms with Crippen LogP contribution in [0.5, 0.6) is 11.5 Å². The lowest BCUT2D eigenvalue weighted by atomic mass is 10.3. The smallest absolute Gasteiger partial charge is 0.183 e. The third-order valence-corrected chi connectivity index (χ3v) is 1.54. The highest BCUT2D eigenvalue weighted by atomic mass is 79.9. The molecular weight excluding hydrogens is 196 g/mol. The van der Waals surface area contributed by atoms with Crippen molar-refractivity contribution < 1.29 is 9.84 Å². The molecule has 0 atom stereocenters. The van der Waals surface area contributed by atoms with E-state index in [1.54, 1.807) is 6.07 Å². The molecule has 0 bridgehead atoms. The molecule has 0 amide bonds. The number of halogens is 1. The van der Waals surface area contributed by atoms with Crippen molar-refractivity contribution in [3.63, 3.8) is 0 Å². The van der Waals surface area contributed by atoms with Gasteiger partial charge in [-0.3, -0.25) is 5.11 Å². The molecule has 0 heterocycles. The molecule has 0 N–H and O–H groups in total. The molecule has 0 aliphatic carbocycles. The molecule has 0 saturated carbocycles. The molecular formula is C7H6BrO2. The van der Waals surface area contributed by atoms with Crippen LogP contribution in [0.2, 0.25) is 0 Å². The summed E-state index contributed by atoms with van der Waals surface area (Å²) in [5.41, 5.74) is 0. The first-order valence-corrected chi connectivity index (χ1v) is 3.53. The molecule has 3 heteroatoms. The molecule has 0 aromatic heterocycles. The molecule has 53 valence electrons. The fraction of sp³-hybridized carbons (Fsp3) is 0.143. The molecule has 1 rings (SSSR count). The largest absolute Gasteiger partial charge is 0.497 e. The molecule has 1 aromatic carbocycles. The Morgan fingerprint density at radius 3 is 2.60 bits per heavy atom. The quantitative estimate of drug-likeness (QED) is 0.687. The van der Waals surface area contributed by atoms with Crippen molar-refractivity contribution in [3.05, 3.63) is 22.7 Å². The summed E-state index contributed by atoms with van der Waals surface area (Å²) >= 11 is 3.17. The van der Waals surface area contributed by atoms with E-state index in [4.69, 9.17) is 4.74 Å².